The molecule has 1 atom stereocenters. The molecular weight excluding hydrogens is 224 g/mol. The number of nitrogens with two attached hydrogens (primary N) is 1. The third kappa shape index (κ3) is 3.83. The zero-order chi connectivity index (χ0) is 13.7. The van der Waals surface area contributed by atoms with Crippen LogP contribution in [0.15, 0.2) is 18.2 Å². The Bertz CT molecular complexity index is 377. The van der Waals surface area contributed by atoms with Crippen molar-refractivity contribution in [1.29, 1.82) is 0 Å². The van der Waals surface area contributed by atoms with Gasteiger partial charge in [0.25, 0.3) is 0 Å². The second-order valence-electron chi connectivity index (χ2n) is 4.97. The molecule has 0 radical (unpaired) electrons. The first-order chi connectivity index (χ1) is 8.47. The lowest BCUT2D eigenvalue weighted by Crippen LogP contribution is -2.32. The van der Waals surface area contributed by atoms with E-state index >= 15 is 0 Å². The van der Waals surface area contributed by atoms with E-state index in [0.717, 1.165) is 30.1 Å². The summed E-state index contributed by atoms with van der Waals surface area (Å²) in [6.45, 7) is 11.6. The van der Waals surface area contributed by atoms with Crippen LogP contribution in [-0.4, -0.2) is 18.7 Å². The molecule has 1 rings (SSSR count). The van der Waals surface area contributed by atoms with Crippen LogP contribution in [0.5, 0.6) is 5.75 Å². The molecule has 0 heterocycles. The van der Waals surface area contributed by atoms with Crippen molar-refractivity contribution in [3.63, 3.8) is 0 Å². The fourth-order valence-corrected chi connectivity index (χ4v) is 2.08. The minimum Gasteiger partial charge on any atom is -0.491 e. The van der Waals surface area contributed by atoms with Gasteiger partial charge in [0.15, 0.2) is 0 Å². The van der Waals surface area contributed by atoms with Gasteiger partial charge in [-0.1, -0.05) is 6.92 Å². The molecule has 0 amide bonds. The highest BCUT2D eigenvalue weighted by molar-refractivity contribution is 5.61. The maximum absolute atomic E-state index is 5.96. The predicted octanol–water partition coefficient (Wildman–Crippen LogP) is 3.68. The molecule has 18 heavy (non-hydrogen) atoms. The number of hydrogen-bond donors (Lipinski definition) is 1. The number of benzene rings is 1. The fourth-order valence-electron chi connectivity index (χ4n) is 2.08. The molecule has 3 nitrogen and oxygen atoms in total. The average Bonchev–Trinajstić information content (AvgIpc) is 2.28. The van der Waals surface area contributed by atoms with Crippen LogP contribution in [-0.2, 0) is 0 Å². The summed E-state index contributed by atoms with van der Waals surface area (Å²) in [5, 5.41) is 0. The molecule has 0 aromatic heterocycles. The van der Waals surface area contributed by atoms with E-state index in [1.165, 1.54) is 0 Å². The van der Waals surface area contributed by atoms with Crippen LogP contribution in [0.1, 0.15) is 41.0 Å². The van der Waals surface area contributed by atoms with E-state index in [9.17, 15) is 0 Å². The molecule has 3 heteroatoms. The maximum Gasteiger partial charge on any atom is 0.123 e. The summed E-state index contributed by atoms with van der Waals surface area (Å²) < 4.78 is 5.74. The zero-order valence-corrected chi connectivity index (χ0v) is 12.2. The quantitative estimate of drug-likeness (QED) is 0.783. The maximum atomic E-state index is 5.96. The first-order valence-electron chi connectivity index (χ1n) is 6.81. The van der Waals surface area contributed by atoms with E-state index in [2.05, 4.69) is 31.7 Å². The molecule has 0 aliphatic rings. The Morgan fingerprint density at radius 1 is 1.17 bits per heavy atom. The lowest BCUT2D eigenvalue weighted by Gasteiger charge is -2.30. The molecule has 102 valence electrons. The molecule has 0 bridgehead atoms. The van der Waals surface area contributed by atoms with Crippen LogP contribution in [0.3, 0.4) is 0 Å². The molecule has 0 spiro atoms. The summed E-state index contributed by atoms with van der Waals surface area (Å²) >= 11 is 0. The Hall–Kier alpha value is -1.38. The van der Waals surface area contributed by atoms with Gasteiger partial charge in [0.05, 0.1) is 6.10 Å². The van der Waals surface area contributed by atoms with Gasteiger partial charge in [-0.05, 0) is 40.2 Å². The Balaban J connectivity index is 3.03. The van der Waals surface area contributed by atoms with Crippen molar-refractivity contribution in [3.8, 4) is 5.75 Å². The van der Waals surface area contributed by atoms with E-state index in [-0.39, 0.29) is 6.10 Å². The zero-order valence-electron chi connectivity index (χ0n) is 12.2. The highest BCUT2D eigenvalue weighted by atomic mass is 16.5. The Morgan fingerprint density at radius 2 is 1.83 bits per heavy atom. The second-order valence-corrected chi connectivity index (χ2v) is 4.97. The Morgan fingerprint density at radius 3 is 2.33 bits per heavy atom. The predicted molar refractivity (Wildman–Crippen MR) is 79.4 cm³/mol. The highest BCUT2D eigenvalue weighted by Gasteiger charge is 2.13. The summed E-state index contributed by atoms with van der Waals surface area (Å²) in [4.78, 5) is 2.35. The standard InChI is InChI=1S/C15H26N2O/c1-6-12(5)17(7-2)14-8-13(16)9-15(10-14)18-11(3)4/h8-12H,6-7,16H2,1-5H3. The van der Waals surface area contributed by atoms with Crippen LogP contribution < -0.4 is 15.4 Å². The molecule has 0 aliphatic carbocycles. The summed E-state index contributed by atoms with van der Waals surface area (Å²) in [6, 6.07) is 6.48. The molecular formula is C15H26N2O. The Kier molecular flexibility index (Phi) is 5.32. The van der Waals surface area contributed by atoms with Gasteiger partial charge in [-0.3, -0.25) is 0 Å². The lowest BCUT2D eigenvalue weighted by molar-refractivity contribution is 0.242. The fraction of sp³-hybridized carbons (Fsp3) is 0.600. The molecule has 1 aromatic carbocycles. The number of rotatable bonds is 6. The van der Waals surface area contributed by atoms with Crippen molar-refractivity contribution in [3.05, 3.63) is 18.2 Å². The van der Waals surface area contributed by atoms with E-state index in [4.69, 9.17) is 10.5 Å². The molecule has 0 fully saturated rings. The first-order valence-corrected chi connectivity index (χ1v) is 6.81. The summed E-state index contributed by atoms with van der Waals surface area (Å²) in [5.74, 6) is 0.849. The lowest BCUT2D eigenvalue weighted by atomic mass is 10.1. The summed E-state index contributed by atoms with van der Waals surface area (Å²) in [5.41, 5.74) is 7.86. The smallest absolute Gasteiger partial charge is 0.123 e. The van der Waals surface area contributed by atoms with Gasteiger partial charge < -0.3 is 15.4 Å². The monoisotopic (exact) mass is 250 g/mol. The molecule has 1 aromatic rings. The number of nitrogens with zero attached hydrogens (tertiary/aromatic N) is 1. The van der Waals surface area contributed by atoms with Crippen molar-refractivity contribution in [2.75, 3.05) is 17.2 Å². The highest BCUT2D eigenvalue weighted by Crippen LogP contribution is 2.28. The van der Waals surface area contributed by atoms with E-state index in [1.807, 2.05) is 26.0 Å². The van der Waals surface area contributed by atoms with Crippen molar-refractivity contribution in [2.45, 2.75) is 53.2 Å². The van der Waals surface area contributed by atoms with Gasteiger partial charge in [-0.15, -0.1) is 0 Å². The van der Waals surface area contributed by atoms with E-state index in [1.54, 1.807) is 0 Å². The largest absolute Gasteiger partial charge is 0.491 e. The summed E-state index contributed by atoms with van der Waals surface area (Å²) in [7, 11) is 0. The molecule has 0 saturated heterocycles. The SMILES string of the molecule is CCC(C)N(CC)c1cc(N)cc(OC(C)C)c1. The van der Waals surface area contributed by atoms with Crippen LogP contribution in [0.2, 0.25) is 0 Å². The second kappa shape index (κ2) is 6.53. The minimum absolute atomic E-state index is 0.165. The normalized spacial score (nSPS) is 12.6. The van der Waals surface area contributed by atoms with E-state index < -0.39 is 0 Å². The van der Waals surface area contributed by atoms with Crippen molar-refractivity contribution in [2.24, 2.45) is 0 Å². The number of ether oxygens (including phenoxy) is 1. The van der Waals surface area contributed by atoms with Gasteiger partial charge >= 0.3 is 0 Å². The van der Waals surface area contributed by atoms with Gasteiger partial charge in [0.2, 0.25) is 0 Å². The van der Waals surface area contributed by atoms with Crippen LogP contribution in [0.4, 0.5) is 11.4 Å². The third-order valence-corrected chi connectivity index (χ3v) is 3.08. The summed E-state index contributed by atoms with van der Waals surface area (Å²) in [6.07, 6.45) is 1.28. The van der Waals surface area contributed by atoms with Crippen LogP contribution >= 0.6 is 0 Å². The number of hydrogen-bond acceptors (Lipinski definition) is 3. The van der Waals surface area contributed by atoms with Gasteiger partial charge in [0.1, 0.15) is 5.75 Å². The van der Waals surface area contributed by atoms with Crippen LogP contribution in [0.25, 0.3) is 0 Å². The molecule has 2 N–H and O–H groups in total. The number of anilines is 2. The first kappa shape index (κ1) is 14.7. The topological polar surface area (TPSA) is 38.5 Å². The van der Waals surface area contributed by atoms with Gasteiger partial charge in [0, 0.05) is 36.1 Å². The molecule has 1 unspecified atom stereocenters. The van der Waals surface area contributed by atoms with E-state index in [0.29, 0.717) is 6.04 Å². The van der Waals surface area contributed by atoms with Gasteiger partial charge in [-0.25, -0.2) is 0 Å². The third-order valence-electron chi connectivity index (χ3n) is 3.08. The number of nitrogen functional groups attached to an aromatic ring is 1. The molecule has 0 aliphatic heterocycles. The van der Waals surface area contributed by atoms with Crippen molar-refractivity contribution < 1.29 is 4.74 Å². The van der Waals surface area contributed by atoms with Crippen molar-refractivity contribution >= 4 is 11.4 Å². The van der Waals surface area contributed by atoms with Gasteiger partial charge in [-0.2, -0.15) is 0 Å². The van der Waals surface area contributed by atoms with Crippen LogP contribution in [0, 0.1) is 0 Å². The molecule has 0 saturated carbocycles. The average molecular weight is 250 g/mol. The van der Waals surface area contributed by atoms with Crippen molar-refractivity contribution in [1.82, 2.24) is 0 Å². The minimum atomic E-state index is 0.165. The Labute approximate surface area is 111 Å².